The van der Waals surface area contributed by atoms with Crippen LogP contribution >= 0.6 is 0 Å². The predicted molar refractivity (Wildman–Crippen MR) is 42.5 cm³/mol. The van der Waals surface area contributed by atoms with Crippen molar-refractivity contribution in [3.05, 3.63) is 31.7 Å². The van der Waals surface area contributed by atoms with E-state index in [2.05, 4.69) is 23.8 Å². The normalized spacial score (nSPS) is 8.27. The van der Waals surface area contributed by atoms with Crippen LogP contribution in [0.25, 0.3) is 0 Å². The summed E-state index contributed by atoms with van der Waals surface area (Å²) in [5.74, 6) is 0.534. The second kappa shape index (κ2) is 6.87. The first kappa shape index (κ1) is 13.8. The largest absolute Gasteiger partial charge is 0.358 e. The number of hydrogen-bond acceptors (Lipinski definition) is 2. The molecule has 1 aromatic heterocycles. The Bertz CT molecular complexity index is 175. The summed E-state index contributed by atoms with van der Waals surface area (Å²) in [6.07, 6.45) is 5.24. The van der Waals surface area contributed by atoms with E-state index in [-0.39, 0.29) is 40.1 Å². The van der Waals surface area contributed by atoms with Gasteiger partial charge in [0.1, 0.15) is 6.33 Å². The van der Waals surface area contributed by atoms with Crippen molar-refractivity contribution in [2.75, 3.05) is 0 Å². The van der Waals surface area contributed by atoms with Gasteiger partial charge in [0.15, 0.2) is 0 Å². The van der Waals surface area contributed by atoms with Crippen LogP contribution in [-0.4, -0.2) is 9.97 Å². The SMILES string of the molecule is CC(C)c1cncnc1.[CH3-].[Y]. The van der Waals surface area contributed by atoms with Crippen LogP contribution in [0.1, 0.15) is 25.3 Å². The maximum absolute atomic E-state index is 3.89. The molecule has 0 fully saturated rings. The third kappa shape index (κ3) is 4.59. The van der Waals surface area contributed by atoms with E-state index in [1.807, 2.05) is 12.4 Å². The van der Waals surface area contributed by atoms with Crippen molar-refractivity contribution in [1.29, 1.82) is 0 Å². The van der Waals surface area contributed by atoms with Gasteiger partial charge in [0.05, 0.1) is 0 Å². The van der Waals surface area contributed by atoms with Crippen molar-refractivity contribution in [1.82, 2.24) is 9.97 Å². The fourth-order valence-electron chi connectivity index (χ4n) is 0.609. The van der Waals surface area contributed by atoms with Crippen LogP contribution in [0.3, 0.4) is 0 Å². The van der Waals surface area contributed by atoms with Gasteiger partial charge >= 0.3 is 0 Å². The molecule has 1 radical (unpaired) electrons. The summed E-state index contributed by atoms with van der Waals surface area (Å²) in [5.41, 5.74) is 1.19. The van der Waals surface area contributed by atoms with Crippen LogP contribution in [0.15, 0.2) is 18.7 Å². The maximum atomic E-state index is 3.89. The molecule has 0 spiro atoms. The molecule has 3 heteroatoms. The average molecular weight is 226 g/mol. The summed E-state index contributed by atoms with van der Waals surface area (Å²) < 4.78 is 0. The van der Waals surface area contributed by atoms with Gasteiger partial charge in [0.25, 0.3) is 0 Å². The molecule has 2 nitrogen and oxygen atoms in total. The maximum Gasteiger partial charge on any atom is 0.115 e. The minimum Gasteiger partial charge on any atom is -0.358 e. The van der Waals surface area contributed by atoms with Crippen LogP contribution in [-0.2, 0) is 32.7 Å². The fraction of sp³-hybridized carbons (Fsp3) is 0.375. The Balaban J connectivity index is 0. The van der Waals surface area contributed by atoms with E-state index in [4.69, 9.17) is 0 Å². The van der Waals surface area contributed by atoms with Crippen LogP contribution in [0.2, 0.25) is 0 Å². The van der Waals surface area contributed by atoms with Crippen LogP contribution in [0.4, 0.5) is 0 Å². The molecule has 0 aromatic carbocycles. The van der Waals surface area contributed by atoms with E-state index in [9.17, 15) is 0 Å². The molecule has 0 amide bonds. The summed E-state index contributed by atoms with van der Waals surface area (Å²) in [7, 11) is 0. The van der Waals surface area contributed by atoms with Gasteiger partial charge in [-0.05, 0) is 11.5 Å². The smallest absolute Gasteiger partial charge is 0.115 e. The molecule has 0 saturated heterocycles. The van der Waals surface area contributed by atoms with Gasteiger partial charge in [-0.1, -0.05) is 13.8 Å². The van der Waals surface area contributed by atoms with Crippen molar-refractivity contribution >= 4 is 0 Å². The zero-order chi connectivity index (χ0) is 6.69. The molecule has 59 valence electrons. The Morgan fingerprint density at radius 1 is 1.18 bits per heavy atom. The Hall–Kier alpha value is 0.184. The van der Waals surface area contributed by atoms with Crippen molar-refractivity contribution in [2.45, 2.75) is 19.8 Å². The monoisotopic (exact) mass is 226 g/mol. The minimum atomic E-state index is 0. The molecular formula is C8H13N2Y-. The van der Waals surface area contributed by atoms with Gasteiger partial charge < -0.3 is 7.43 Å². The molecule has 1 aromatic rings. The Morgan fingerprint density at radius 3 is 1.91 bits per heavy atom. The molecule has 1 heterocycles. The van der Waals surface area contributed by atoms with Crippen molar-refractivity contribution < 1.29 is 32.7 Å². The molecule has 0 saturated carbocycles. The van der Waals surface area contributed by atoms with Gasteiger partial charge in [-0.2, -0.15) is 0 Å². The third-order valence-electron chi connectivity index (χ3n) is 1.25. The Morgan fingerprint density at radius 2 is 1.64 bits per heavy atom. The standard InChI is InChI=1S/C7H10N2.CH3.Y/c1-6(2)7-3-8-5-9-4-7;;/h3-6H,1-2H3;1H3;/q;-1;. The number of aromatic nitrogens is 2. The quantitative estimate of drug-likeness (QED) is 0.685. The van der Waals surface area contributed by atoms with Crippen LogP contribution < -0.4 is 0 Å². The summed E-state index contributed by atoms with van der Waals surface area (Å²) in [6.45, 7) is 4.25. The Labute approximate surface area is 93.7 Å². The number of nitrogens with zero attached hydrogens (tertiary/aromatic N) is 2. The van der Waals surface area contributed by atoms with E-state index in [1.54, 1.807) is 6.33 Å². The summed E-state index contributed by atoms with van der Waals surface area (Å²) in [6, 6.07) is 0. The van der Waals surface area contributed by atoms with E-state index in [0.29, 0.717) is 5.92 Å². The van der Waals surface area contributed by atoms with Crippen LogP contribution in [0, 0.1) is 7.43 Å². The summed E-state index contributed by atoms with van der Waals surface area (Å²) in [4.78, 5) is 7.79. The van der Waals surface area contributed by atoms with Gasteiger partial charge in [0, 0.05) is 45.1 Å². The predicted octanol–water partition coefficient (Wildman–Crippen LogP) is 2.05. The van der Waals surface area contributed by atoms with Crippen molar-refractivity contribution in [3.8, 4) is 0 Å². The molecule has 0 aliphatic rings. The van der Waals surface area contributed by atoms with Gasteiger partial charge in [-0.3, -0.25) is 0 Å². The molecule has 0 aliphatic heterocycles. The van der Waals surface area contributed by atoms with Crippen LogP contribution in [0.5, 0.6) is 0 Å². The topological polar surface area (TPSA) is 25.8 Å². The molecule has 11 heavy (non-hydrogen) atoms. The summed E-state index contributed by atoms with van der Waals surface area (Å²) >= 11 is 0. The zero-order valence-electron chi connectivity index (χ0n) is 7.28. The molecule has 0 bridgehead atoms. The van der Waals surface area contributed by atoms with E-state index < -0.39 is 0 Å². The van der Waals surface area contributed by atoms with Crippen molar-refractivity contribution in [3.63, 3.8) is 0 Å². The van der Waals surface area contributed by atoms with E-state index in [0.717, 1.165) is 0 Å². The molecule has 0 aliphatic carbocycles. The van der Waals surface area contributed by atoms with Gasteiger partial charge in [-0.15, -0.1) is 0 Å². The first-order valence-electron chi connectivity index (χ1n) is 3.05. The van der Waals surface area contributed by atoms with Gasteiger partial charge in [0.2, 0.25) is 0 Å². The molecule has 0 unspecified atom stereocenters. The second-order valence-electron chi connectivity index (χ2n) is 2.33. The van der Waals surface area contributed by atoms with E-state index in [1.165, 1.54) is 5.56 Å². The Kier molecular flexibility index (Phi) is 8.59. The first-order chi connectivity index (χ1) is 4.30. The molecule has 0 atom stereocenters. The van der Waals surface area contributed by atoms with Gasteiger partial charge in [-0.25, -0.2) is 9.97 Å². The van der Waals surface area contributed by atoms with E-state index >= 15 is 0 Å². The average Bonchev–Trinajstić information content (AvgIpc) is 1.90. The molecular weight excluding hydrogens is 213 g/mol. The molecule has 1 rings (SSSR count). The molecule has 0 N–H and O–H groups in total. The number of hydrogen-bond donors (Lipinski definition) is 0. The van der Waals surface area contributed by atoms with Crippen molar-refractivity contribution in [2.24, 2.45) is 0 Å². The third-order valence-corrected chi connectivity index (χ3v) is 1.25. The first-order valence-corrected chi connectivity index (χ1v) is 3.05. The fourth-order valence-corrected chi connectivity index (χ4v) is 0.609. The minimum absolute atomic E-state index is 0. The number of rotatable bonds is 1. The zero-order valence-corrected chi connectivity index (χ0v) is 10.1. The summed E-state index contributed by atoms with van der Waals surface area (Å²) in [5, 5.41) is 0. The second-order valence-corrected chi connectivity index (χ2v) is 2.33.